The molecule has 0 spiro atoms. The van der Waals surface area contributed by atoms with E-state index >= 15 is 0 Å². The van der Waals surface area contributed by atoms with Crippen molar-refractivity contribution < 1.29 is 14.3 Å². The number of aromatic nitrogens is 1. The largest absolute Gasteiger partial charge is 0.497 e. The molecule has 1 aromatic heterocycles. The maximum absolute atomic E-state index is 12.4. The van der Waals surface area contributed by atoms with E-state index in [-0.39, 0.29) is 11.9 Å². The zero-order valence-corrected chi connectivity index (χ0v) is 18.0. The highest BCUT2D eigenvalue weighted by Gasteiger charge is 2.34. The number of hydrazone groups is 1. The first kappa shape index (κ1) is 20.2. The predicted octanol–water partition coefficient (Wildman–Crippen LogP) is 4.91. The van der Waals surface area contributed by atoms with Crippen LogP contribution >= 0.6 is 11.6 Å². The third-order valence-electron chi connectivity index (χ3n) is 5.34. The van der Waals surface area contributed by atoms with Gasteiger partial charge in [0.1, 0.15) is 16.7 Å². The number of carbonyl (C=O) groups is 1. The minimum absolute atomic E-state index is 0.164. The topological polar surface area (TPSA) is 64.0 Å². The first-order valence-electron chi connectivity index (χ1n) is 9.58. The first-order valence-corrected chi connectivity index (χ1v) is 9.96. The standard InChI is InChI=1S/C23H22ClN3O3/c1-13-6-5-7-15-10-18(23(24)25-22(13)15)20-12-19(26-27(20)14(2)28)17-9-8-16(29-3)11-21(17)30-4/h5-11,20H,12H2,1-4H3. The second-order valence-electron chi connectivity index (χ2n) is 7.21. The van der Waals surface area contributed by atoms with Gasteiger partial charge >= 0.3 is 0 Å². The molecule has 3 aromatic rings. The lowest BCUT2D eigenvalue weighted by Gasteiger charge is -2.21. The first-order chi connectivity index (χ1) is 14.4. The number of halogens is 1. The fraction of sp³-hybridized carbons (Fsp3) is 0.261. The van der Waals surface area contributed by atoms with Crippen LogP contribution in [0.5, 0.6) is 11.5 Å². The SMILES string of the molecule is COc1ccc(C2=NN(C(C)=O)C(c3cc4cccc(C)c4nc3Cl)C2)c(OC)c1. The van der Waals surface area contributed by atoms with Gasteiger partial charge in [0, 0.05) is 35.9 Å². The Bertz CT molecular complexity index is 1180. The molecular formula is C23H22ClN3O3. The number of methoxy groups -OCH3 is 2. The molecule has 0 saturated heterocycles. The van der Waals surface area contributed by atoms with Gasteiger partial charge in [0.05, 0.1) is 31.5 Å². The van der Waals surface area contributed by atoms with Gasteiger partial charge in [-0.25, -0.2) is 9.99 Å². The maximum atomic E-state index is 12.4. The summed E-state index contributed by atoms with van der Waals surface area (Å²) >= 11 is 6.58. The van der Waals surface area contributed by atoms with E-state index in [4.69, 9.17) is 21.1 Å². The van der Waals surface area contributed by atoms with Gasteiger partial charge in [0.2, 0.25) is 5.91 Å². The van der Waals surface area contributed by atoms with Crippen LogP contribution < -0.4 is 9.47 Å². The number of benzene rings is 2. The molecule has 30 heavy (non-hydrogen) atoms. The molecule has 2 aromatic carbocycles. The van der Waals surface area contributed by atoms with E-state index in [1.807, 2.05) is 43.3 Å². The van der Waals surface area contributed by atoms with E-state index in [1.54, 1.807) is 20.3 Å². The number of pyridine rings is 1. The van der Waals surface area contributed by atoms with Crippen molar-refractivity contribution in [3.05, 3.63) is 64.3 Å². The minimum Gasteiger partial charge on any atom is -0.497 e. The van der Waals surface area contributed by atoms with Gasteiger partial charge in [-0.1, -0.05) is 29.8 Å². The molecule has 1 amide bonds. The van der Waals surface area contributed by atoms with E-state index in [1.165, 1.54) is 11.9 Å². The van der Waals surface area contributed by atoms with Gasteiger partial charge < -0.3 is 9.47 Å². The molecule has 7 heteroatoms. The zero-order valence-electron chi connectivity index (χ0n) is 17.3. The molecule has 1 unspecified atom stereocenters. The third-order valence-corrected chi connectivity index (χ3v) is 5.64. The lowest BCUT2D eigenvalue weighted by Crippen LogP contribution is -2.24. The molecule has 0 radical (unpaired) electrons. The van der Waals surface area contributed by atoms with Crippen LogP contribution in [0.1, 0.15) is 36.1 Å². The van der Waals surface area contributed by atoms with Crippen molar-refractivity contribution in [3.63, 3.8) is 0 Å². The number of aryl methyl sites for hydroxylation is 1. The summed E-state index contributed by atoms with van der Waals surface area (Å²) in [6.45, 7) is 3.50. The average molecular weight is 424 g/mol. The van der Waals surface area contributed by atoms with Crippen LogP contribution in [0, 0.1) is 6.92 Å². The zero-order chi connectivity index (χ0) is 21.4. The second kappa shape index (κ2) is 7.95. The molecule has 0 aliphatic carbocycles. The highest BCUT2D eigenvalue weighted by Crippen LogP contribution is 2.39. The molecule has 0 fully saturated rings. The summed E-state index contributed by atoms with van der Waals surface area (Å²) in [7, 11) is 3.20. The van der Waals surface area contributed by atoms with Gasteiger partial charge in [-0.05, 0) is 30.7 Å². The normalized spacial score (nSPS) is 16.0. The summed E-state index contributed by atoms with van der Waals surface area (Å²) < 4.78 is 10.8. The molecule has 0 N–H and O–H groups in total. The third kappa shape index (κ3) is 3.48. The van der Waals surface area contributed by atoms with Gasteiger partial charge in [-0.2, -0.15) is 5.10 Å². The lowest BCUT2D eigenvalue weighted by molar-refractivity contribution is -0.130. The number of carbonyl (C=O) groups excluding carboxylic acids is 1. The van der Waals surface area contributed by atoms with Crippen LogP contribution in [0.3, 0.4) is 0 Å². The Morgan fingerprint density at radius 2 is 1.97 bits per heavy atom. The van der Waals surface area contributed by atoms with E-state index < -0.39 is 0 Å². The van der Waals surface area contributed by atoms with Crippen molar-refractivity contribution in [1.82, 2.24) is 9.99 Å². The molecule has 1 aliphatic rings. The molecule has 0 bridgehead atoms. The molecule has 1 aliphatic heterocycles. The number of fused-ring (bicyclic) bond motifs is 1. The Morgan fingerprint density at radius 3 is 2.67 bits per heavy atom. The van der Waals surface area contributed by atoms with Crippen molar-refractivity contribution in [2.45, 2.75) is 26.3 Å². The summed E-state index contributed by atoms with van der Waals surface area (Å²) in [5.74, 6) is 1.16. The fourth-order valence-corrected chi connectivity index (χ4v) is 4.08. The molecule has 4 rings (SSSR count). The molecule has 0 saturated carbocycles. The Balaban J connectivity index is 1.78. The van der Waals surface area contributed by atoms with Crippen LogP contribution in [-0.4, -0.2) is 35.8 Å². The number of amides is 1. The highest BCUT2D eigenvalue weighted by atomic mass is 35.5. The van der Waals surface area contributed by atoms with Crippen molar-refractivity contribution in [3.8, 4) is 11.5 Å². The quantitative estimate of drug-likeness (QED) is 0.559. The van der Waals surface area contributed by atoms with Gasteiger partial charge in [-0.15, -0.1) is 0 Å². The minimum atomic E-state index is -0.339. The molecule has 6 nitrogen and oxygen atoms in total. The summed E-state index contributed by atoms with van der Waals surface area (Å²) in [6, 6.07) is 13.2. The van der Waals surface area contributed by atoms with E-state index in [0.717, 1.165) is 33.3 Å². The average Bonchev–Trinajstić information content (AvgIpc) is 3.19. The molecule has 1 atom stereocenters. The van der Waals surface area contributed by atoms with Crippen LogP contribution in [0.15, 0.2) is 47.6 Å². The highest BCUT2D eigenvalue weighted by molar-refractivity contribution is 6.30. The second-order valence-corrected chi connectivity index (χ2v) is 7.57. The lowest BCUT2D eigenvalue weighted by atomic mass is 9.97. The van der Waals surface area contributed by atoms with Crippen LogP contribution in [0.25, 0.3) is 10.9 Å². The number of hydrogen-bond acceptors (Lipinski definition) is 5. The fourth-order valence-electron chi connectivity index (χ4n) is 3.82. The number of rotatable bonds is 4. The van der Waals surface area contributed by atoms with Crippen LogP contribution in [0.2, 0.25) is 5.15 Å². The van der Waals surface area contributed by atoms with Gasteiger partial charge in [-0.3, -0.25) is 4.79 Å². The summed E-state index contributed by atoms with van der Waals surface area (Å²) in [5, 5.41) is 7.45. The maximum Gasteiger partial charge on any atom is 0.240 e. The van der Waals surface area contributed by atoms with Gasteiger partial charge in [0.25, 0.3) is 0 Å². The van der Waals surface area contributed by atoms with Gasteiger partial charge in [0.15, 0.2) is 0 Å². The van der Waals surface area contributed by atoms with Crippen molar-refractivity contribution in [1.29, 1.82) is 0 Å². The number of nitrogens with zero attached hydrogens (tertiary/aromatic N) is 3. The molecule has 2 heterocycles. The van der Waals surface area contributed by atoms with Crippen LogP contribution in [0.4, 0.5) is 0 Å². The summed E-state index contributed by atoms with van der Waals surface area (Å²) in [4.78, 5) is 17.0. The molecule has 154 valence electrons. The Labute approximate surface area is 180 Å². The van der Waals surface area contributed by atoms with E-state index in [2.05, 4.69) is 10.1 Å². The summed E-state index contributed by atoms with van der Waals surface area (Å²) in [5.41, 5.74) is 4.24. The number of para-hydroxylation sites is 1. The molecular weight excluding hydrogens is 402 g/mol. The van der Waals surface area contributed by atoms with Crippen molar-refractivity contribution in [2.75, 3.05) is 14.2 Å². The Hall–Kier alpha value is -3.12. The number of ether oxygens (including phenoxy) is 2. The number of hydrogen-bond donors (Lipinski definition) is 0. The monoisotopic (exact) mass is 423 g/mol. The van der Waals surface area contributed by atoms with Crippen molar-refractivity contribution >= 4 is 34.1 Å². The van der Waals surface area contributed by atoms with E-state index in [9.17, 15) is 4.79 Å². The Kier molecular flexibility index (Phi) is 5.35. The van der Waals surface area contributed by atoms with Crippen LogP contribution in [-0.2, 0) is 4.79 Å². The van der Waals surface area contributed by atoms with E-state index in [0.29, 0.717) is 23.1 Å². The summed E-state index contributed by atoms with van der Waals surface area (Å²) in [6.07, 6.45) is 0.501. The van der Waals surface area contributed by atoms with Crippen molar-refractivity contribution in [2.24, 2.45) is 5.10 Å². The Morgan fingerprint density at radius 1 is 1.17 bits per heavy atom. The predicted molar refractivity (Wildman–Crippen MR) is 117 cm³/mol. The smallest absolute Gasteiger partial charge is 0.240 e.